The first-order valence-electron chi connectivity index (χ1n) is 6.98. The van der Waals surface area contributed by atoms with Gasteiger partial charge in [0.15, 0.2) is 0 Å². The predicted octanol–water partition coefficient (Wildman–Crippen LogP) is 1.74. The van der Waals surface area contributed by atoms with Gasteiger partial charge in [-0.15, -0.1) is 10.2 Å². The Morgan fingerprint density at radius 1 is 1.35 bits per heavy atom. The normalized spacial score (nSPS) is 20.4. The minimum atomic E-state index is 0.483. The Morgan fingerprint density at radius 2 is 2.20 bits per heavy atom. The molecule has 3 heterocycles. The maximum atomic E-state index is 5.77. The first kappa shape index (κ1) is 13.3. The summed E-state index contributed by atoms with van der Waals surface area (Å²) < 4.78 is 11.3. The molecule has 0 bridgehead atoms. The number of rotatable bonds is 3. The Balaban J connectivity index is 1.75. The summed E-state index contributed by atoms with van der Waals surface area (Å²) in [6.45, 7) is 9.73. The predicted molar refractivity (Wildman–Crippen MR) is 74.2 cm³/mol. The van der Waals surface area contributed by atoms with E-state index in [1.165, 1.54) is 0 Å². The quantitative estimate of drug-likeness (QED) is 0.921. The van der Waals surface area contributed by atoms with Gasteiger partial charge in [-0.05, 0) is 26.8 Å². The highest BCUT2D eigenvalue weighted by atomic mass is 16.4. The fraction of sp³-hybridized carbons (Fsp3) is 0.571. The lowest BCUT2D eigenvalue weighted by atomic mass is 10.2. The summed E-state index contributed by atoms with van der Waals surface area (Å²) in [6, 6.07) is 2.41. The van der Waals surface area contributed by atoms with Crippen molar-refractivity contribution in [3.63, 3.8) is 0 Å². The summed E-state index contributed by atoms with van der Waals surface area (Å²) in [5.41, 5.74) is 0.884. The summed E-state index contributed by atoms with van der Waals surface area (Å²) in [5, 5.41) is 11.7. The van der Waals surface area contributed by atoms with Crippen LogP contribution < -0.4 is 5.32 Å². The molecule has 0 amide bonds. The number of aromatic nitrogens is 2. The molecule has 2 aromatic heterocycles. The lowest BCUT2D eigenvalue weighted by Gasteiger charge is -2.32. The molecule has 0 saturated carbocycles. The molecule has 0 aromatic carbocycles. The molecular weight excluding hydrogens is 256 g/mol. The van der Waals surface area contributed by atoms with Crippen molar-refractivity contribution >= 4 is 0 Å². The lowest BCUT2D eigenvalue weighted by Crippen LogP contribution is -2.49. The van der Waals surface area contributed by atoms with Crippen LogP contribution >= 0.6 is 0 Å². The largest absolute Gasteiger partial charge is 0.466 e. The van der Waals surface area contributed by atoms with E-state index in [9.17, 15) is 0 Å². The van der Waals surface area contributed by atoms with E-state index < -0.39 is 0 Å². The average molecular weight is 276 g/mol. The van der Waals surface area contributed by atoms with Crippen LogP contribution in [0.1, 0.15) is 24.3 Å². The van der Waals surface area contributed by atoms with Crippen molar-refractivity contribution in [3.05, 3.63) is 23.5 Å². The topological polar surface area (TPSA) is 67.3 Å². The molecule has 1 aliphatic heterocycles. The zero-order chi connectivity index (χ0) is 14.1. The van der Waals surface area contributed by atoms with E-state index in [0.29, 0.717) is 24.4 Å². The number of aryl methyl sites for hydroxylation is 2. The first-order chi connectivity index (χ1) is 9.63. The number of nitrogens with one attached hydrogen (secondary N) is 1. The molecule has 1 saturated heterocycles. The first-order valence-corrected chi connectivity index (χ1v) is 6.98. The highest BCUT2D eigenvalue weighted by Crippen LogP contribution is 2.25. The van der Waals surface area contributed by atoms with Gasteiger partial charge in [0.1, 0.15) is 11.5 Å². The van der Waals surface area contributed by atoms with Gasteiger partial charge in [0, 0.05) is 25.7 Å². The van der Waals surface area contributed by atoms with E-state index in [1.807, 2.05) is 19.9 Å². The van der Waals surface area contributed by atoms with Crippen LogP contribution in [0.4, 0.5) is 0 Å². The van der Waals surface area contributed by atoms with Gasteiger partial charge in [0.05, 0.1) is 12.1 Å². The van der Waals surface area contributed by atoms with Crippen molar-refractivity contribution in [2.75, 3.05) is 19.6 Å². The van der Waals surface area contributed by atoms with Crippen LogP contribution in [-0.2, 0) is 6.54 Å². The zero-order valence-electron chi connectivity index (χ0n) is 12.1. The summed E-state index contributed by atoms with van der Waals surface area (Å²) in [4.78, 5) is 2.35. The van der Waals surface area contributed by atoms with Crippen molar-refractivity contribution < 1.29 is 8.83 Å². The van der Waals surface area contributed by atoms with Crippen LogP contribution in [0.2, 0.25) is 0 Å². The highest BCUT2D eigenvalue weighted by molar-refractivity contribution is 5.55. The van der Waals surface area contributed by atoms with E-state index in [-0.39, 0.29) is 0 Å². The fourth-order valence-electron chi connectivity index (χ4n) is 2.56. The van der Waals surface area contributed by atoms with Crippen molar-refractivity contribution in [2.45, 2.75) is 33.4 Å². The number of furan rings is 1. The summed E-state index contributed by atoms with van der Waals surface area (Å²) in [6.07, 6.45) is 0. The molecule has 1 fully saturated rings. The van der Waals surface area contributed by atoms with E-state index in [2.05, 4.69) is 27.3 Å². The van der Waals surface area contributed by atoms with E-state index in [4.69, 9.17) is 8.83 Å². The second-order valence-corrected chi connectivity index (χ2v) is 5.35. The Hall–Kier alpha value is -1.66. The molecule has 6 nitrogen and oxygen atoms in total. The zero-order valence-corrected chi connectivity index (χ0v) is 12.1. The molecule has 0 spiro atoms. The van der Waals surface area contributed by atoms with Gasteiger partial charge in [-0.25, -0.2) is 0 Å². The molecule has 3 rings (SSSR count). The third kappa shape index (κ3) is 2.62. The monoisotopic (exact) mass is 276 g/mol. The molecule has 2 aromatic rings. The van der Waals surface area contributed by atoms with E-state index >= 15 is 0 Å². The minimum Gasteiger partial charge on any atom is -0.466 e. The molecule has 0 radical (unpaired) electrons. The molecular formula is C14H20N4O2. The number of piperazine rings is 1. The lowest BCUT2D eigenvalue weighted by molar-refractivity contribution is 0.151. The minimum absolute atomic E-state index is 0.483. The third-order valence-corrected chi connectivity index (χ3v) is 3.72. The number of hydrogen-bond donors (Lipinski definition) is 1. The Kier molecular flexibility index (Phi) is 3.58. The molecule has 20 heavy (non-hydrogen) atoms. The van der Waals surface area contributed by atoms with Crippen LogP contribution in [0.15, 0.2) is 14.9 Å². The second-order valence-electron chi connectivity index (χ2n) is 5.35. The van der Waals surface area contributed by atoms with Crippen LogP contribution in [0.5, 0.6) is 0 Å². The Bertz CT molecular complexity index is 590. The maximum absolute atomic E-state index is 5.77. The van der Waals surface area contributed by atoms with Gasteiger partial charge in [-0.2, -0.15) is 0 Å². The summed E-state index contributed by atoms with van der Waals surface area (Å²) in [5.74, 6) is 2.87. The standard InChI is InChI=1S/C14H20N4O2/c1-9-7-15-4-5-18(9)8-13-16-17-14(20-13)12-6-10(2)19-11(12)3/h6,9,15H,4-5,7-8H2,1-3H3/t9-/m0/s1. The Labute approximate surface area is 118 Å². The number of nitrogens with zero attached hydrogens (tertiary/aromatic N) is 3. The van der Waals surface area contributed by atoms with Crippen molar-refractivity contribution in [1.82, 2.24) is 20.4 Å². The van der Waals surface area contributed by atoms with E-state index in [0.717, 1.165) is 36.7 Å². The van der Waals surface area contributed by atoms with Gasteiger partial charge in [0.25, 0.3) is 5.89 Å². The third-order valence-electron chi connectivity index (χ3n) is 3.72. The van der Waals surface area contributed by atoms with E-state index in [1.54, 1.807) is 0 Å². The average Bonchev–Trinajstić information content (AvgIpc) is 2.99. The van der Waals surface area contributed by atoms with Gasteiger partial charge < -0.3 is 14.2 Å². The van der Waals surface area contributed by atoms with Crippen molar-refractivity contribution in [2.24, 2.45) is 0 Å². The molecule has 0 aliphatic carbocycles. The molecule has 108 valence electrons. The van der Waals surface area contributed by atoms with Crippen molar-refractivity contribution in [3.8, 4) is 11.5 Å². The fourth-order valence-corrected chi connectivity index (χ4v) is 2.56. The second kappa shape index (κ2) is 5.38. The maximum Gasteiger partial charge on any atom is 0.251 e. The van der Waals surface area contributed by atoms with Gasteiger partial charge in [-0.1, -0.05) is 0 Å². The SMILES string of the molecule is Cc1cc(-c2nnc(CN3CCNC[C@@H]3C)o2)c(C)o1. The highest BCUT2D eigenvalue weighted by Gasteiger charge is 2.21. The molecule has 1 N–H and O–H groups in total. The van der Waals surface area contributed by atoms with Gasteiger partial charge in [-0.3, -0.25) is 4.90 Å². The number of hydrogen-bond acceptors (Lipinski definition) is 6. The molecule has 6 heteroatoms. The van der Waals surface area contributed by atoms with Gasteiger partial charge in [0.2, 0.25) is 5.89 Å². The molecule has 1 atom stereocenters. The smallest absolute Gasteiger partial charge is 0.251 e. The molecule has 0 unspecified atom stereocenters. The van der Waals surface area contributed by atoms with Gasteiger partial charge >= 0.3 is 0 Å². The van der Waals surface area contributed by atoms with Crippen LogP contribution in [0.3, 0.4) is 0 Å². The summed E-state index contributed by atoms with van der Waals surface area (Å²) >= 11 is 0. The summed E-state index contributed by atoms with van der Waals surface area (Å²) in [7, 11) is 0. The van der Waals surface area contributed by atoms with Crippen LogP contribution in [0, 0.1) is 13.8 Å². The van der Waals surface area contributed by atoms with Crippen LogP contribution in [-0.4, -0.2) is 40.8 Å². The van der Waals surface area contributed by atoms with Crippen molar-refractivity contribution in [1.29, 1.82) is 0 Å². The molecule has 1 aliphatic rings. The Morgan fingerprint density at radius 3 is 2.90 bits per heavy atom. The van der Waals surface area contributed by atoms with Crippen LogP contribution in [0.25, 0.3) is 11.5 Å².